The zero-order chi connectivity index (χ0) is 13.9. The van der Waals surface area contributed by atoms with Crippen molar-refractivity contribution >= 4 is 10.8 Å². The number of aromatic nitrogens is 2. The second-order valence-electron chi connectivity index (χ2n) is 4.85. The van der Waals surface area contributed by atoms with Crippen molar-refractivity contribution in [2.45, 2.75) is 13.0 Å². The summed E-state index contributed by atoms with van der Waals surface area (Å²) in [5, 5.41) is 2.25. The van der Waals surface area contributed by atoms with E-state index in [1.165, 1.54) is 0 Å². The van der Waals surface area contributed by atoms with E-state index >= 15 is 0 Å². The first kappa shape index (κ1) is 12.7. The first-order valence-electron chi connectivity index (χ1n) is 6.50. The molecule has 100 valence electrons. The van der Waals surface area contributed by atoms with Crippen LogP contribution in [0.1, 0.15) is 22.7 Å². The summed E-state index contributed by atoms with van der Waals surface area (Å²) >= 11 is 0. The van der Waals surface area contributed by atoms with Crippen molar-refractivity contribution in [3.8, 4) is 0 Å². The number of rotatable bonds is 3. The van der Waals surface area contributed by atoms with Crippen LogP contribution >= 0.6 is 0 Å². The molecule has 2 aromatic heterocycles. The molecular formula is C16H16N4. The van der Waals surface area contributed by atoms with E-state index in [9.17, 15) is 0 Å². The number of nitrogens with one attached hydrogen (secondary N) is 1. The normalized spacial score (nSPS) is 12.5. The molecule has 4 nitrogen and oxygen atoms in total. The molecule has 1 unspecified atom stereocenters. The van der Waals surface area contributed by atoms with Gasteiger partial charge in [0.05, 0.1) is 6.04 Å². The Hall–Kier alpha value is -2.30. The summed E-state index contributed by atoms with van der Waals surface area (Å²) in [5.41, 5.74) is 6.07. The van der Waals surface area contributed by atoms with Gasteiger partial charge in [-0.2, -0.15) is 0 Å². The van der Waals surface area contributed by atoms with Crippen molar-refractivity contribution in [1.82, 2.24) is 15.4 Å². The minimum Gasteiger partial charge on any atom is -0.271 e. The Morgan fingerprint density at radius 2 is 1.85 bits per heavy atom. The molecule has 1 aromatic carbocycles. The highest BCUT2D eigenvalue weighted by Gasteiger charge is 2.16. The number of hydrogen-bond donors (Lipinski definition) is 2. The van der Waals surface area contributed by atoms with Crippen molar-refractivity contribution in [2.75, 3.05) is 0 Å². The lowest BCUT2D eigenvalue weighted by Crippen LogP contribution is -2.29. The van der Waals surface area contributed by atoms with Gasteiger partial charge in [-0.3, -0.25) is 15.8 Å². The summed E-state index contributed by atoms with van der Waals surface area (Å²) in [6.45, 7) is 2.02. The Kier molecular flexibility index (Phi) is 3.41. The van der Waals surface area contributed by atoms with Gasteiger partial charge < -0.3 is 0 Å². The highest BCUT2D eigenvalue weighted by atomic mass is 15.2. The van der Waals surface area contributed by atoms with Crippen molar-refractivity contribution in [3.05, 3.63) is 71.8 Å². The molecule has 0 spiro atoms. The lowest BCUT2D eigenvalue weighted by molar-refractivity contribution is 0.636. The number of hydrazine groups is 1. The minimum atomic E-state index is -0.124. The third-order valence-electron chi connectivity index (χ3n) is 3.41. The van der Waals surface area contributed by atoms with Gasteiger partial charge in [0.15, 0.2) is 0 Å². The van der Waals surface area contributed by atoms with E-state index in [0.717, 1.165) is 27.5 Å². The van der Waals surface area contributed by atoms with E-state index in [1.807, 2.05) is 49.9 Å². The van der Waals surface area contributed by atoms with Gasteiger partial charge in [-0.1, -0.05) is 30.3 Å². The van der Waals surface area contributed by atoms with Crippen LogP contribution in [0.2, 0.25) is 0 Å². The van der Waals surface area contributed by atoms with Crippen LogP contribution < -0.4 is 11.3 Å². The lowest BCUT2D eigenvalue weighted by atomic mass is 9.97. The molecule has 20 heavy (non-hydrogen) atoms. The van der Waals surface area contributed by atoms with Crippen LogP contribution in [-0.4, -0.2) is 9.97 Å². The van der Waals surface area contributed by atoms with Gasteiger partial charge in [0.25, 0.3) is 0 Å². The van der Waals surface area contributed by atoms with Crippen LogP contribution in [0.4, 0.5) is 0 Å². The molecule has 0 fully saturated rings. The zero-order valence-corrected chi connectivity index (χ0v) is 11.2. The number of nitrogens with two attached hydrogens (primary N) is 1. The highest BCUT2D eigenvalue weighted by Crippen LogP contribution is 2.27. The average Bonchev–Trinajstić information content (AvgIpc) is 2.48. The SMILES string of the molecule is Cc1cncc(C(NN)c2cncc3ccccc23)c1. The standard InChI is InChI=1S/C16H16N4/c1-11-6-13(9-18-7-11)16(20-17)15-10-19-8-12-4-2-3-5-14(12)15/h2-10,16,20H,17H2,1H3. The van der Waals surface area contributed by atoms with Gasteiger partial charge >= 0.3 is 0 Å². The van der Waals surface area contributed by atoms with Crippen LogP contribution in [0.15, 0.2) is 55.1 Å². The summed E-state index contributed by atoms with van der Waals surface area (Å²) in [6, 6.07) is 10.1. The fourth-order valence-electron chi connectivity index (χ4n) is 2.47. The molecule has 0 aliphatic heterocycles. The average molecular weight is 264 g/mol. The minimum absolute atomic E-state index is 0.124. The molecular weight excluding hydrogens is 248 g/mol. The van der Waals surface area contributed by atoms with Gasteiger partial charge in [0, 0.05) is 35.7 Å². The van der Waals surface area contributed by atoms with E-state index in [2.05, 4.69) is 27.5 Å². The summed E-state index contributed by atoms with van der Waals surface area (Å²) < 4.78 is 0. The molecule has 0 bridgehead atoms. The molecule has 0 saturated heterocycles. The summed E-state index contributed by atoms with van der Waals surface area (Å²) in [6.07, 6.45) is 7.38. The van der Waals surface area contributed by atoms with Crippen LogP contribution in [0.5, 0.6) is 0 Å². The lowest BCUT2D eigenvalue weighted by Gasteiger charge is -2.18. The number of nitrogens with zero attached hydrogens (tertiary/aromatic N) is 2. The Morgan fingerprint density at radius 1 is 1.05 bits per heavy atom. The van der Waals surface area contributed by atoms with Gasteiger partial charge in [-0.15, -0.1) is 0 Å². The molecule has 0 aliphatic rings. The Labute approximate surface area is 117 Å². The van der Waals surface area contributed by atoms with Crippen molar-refractivity contribution < 1.29 is 0 Å². The van der Waals surface area contributed by atoms with Crippen LogP contribution in [0.3, 0.4) is 0 Å². The monoisotopic (exact) mass is 264 g/mol. The molecule has 3 rings (SSSR count). The fourth-order valence-corrected chi connectivity index (χ4v) is 2.47. The topological polar surface area (TPSA) is 63.8 Å². The molecule has 0 saturated carbocycles. The third-order valence-corrected chi connectivity index (χ3v) is 3.41. The van der Waals surface area contributed by atoms with Crippen molar-refractivity contribution in [1.29, 1.82) is 0 Å². The van der Waals surface area contributed by atoms with Gasteiger partial charge in [-0.05, 0) is 23.4 Å². The smallest absolute Gasteiger partial charge is 0.0746 e. The second-order valence-corrected chi connectivity index (χ2v) is 4.85. The molecule has 0 radical (unpaired) electrons. The van der Waals surface area contributed by atoms with E-state index in [4.69, 9.17) is 5.84 Å². The molecule has 3 aromatic rings. The maximum atomic E-state index is 5.77. The zero-order valence-electron chi connectivity index (χ0n) is 11.2. The Balaban J connectivity index is 2.17. The predicted molar refractivity (Wildman–Crippen MR) is 79.9 cm³/mol. The van der Waals surface area contributed by atoms with Gasteiger partial charge in [0.2, 0.25) is 0 Å². The maximum absolute atomic E-state index is 5.77. The van der Waals surface area contributed by atoms with Crippen molar-refractivity contribution in [3.63, 3.8) is 0 Å². The molecule has 1 atom stereocenters. The Bertz CT molecular complexity index is 734. The predicted octanol–water partition coefficient (Wildman–Crippen LogP) is 2.49. The van der Waals surface area contributed by atoms with Crippen molar-refractivity contribution in [2.24, 2.45) is 5.84 Å². The second kappa shape index (κ2) is 5.36. The number of aryl methyl sites for hydroxylation is 1. The number of benzene rings is 1. The third kappa shape index (κ3) is 2.27. The van der Waals surface area contributed by atoms with E-state index in [1.54, 1.807) is 0 Å². The quantitative estimate of drug-likeness (QED) is 0.563. The summed E-state index contributed by atoms with van der Waals surface area (Å²) in [5.74, 6) is 5.77. The van der Waals surface area contributed by atoms with Crippen LogP contribution in [0, 0.1) is 6.92 Å². The highest BCUT2D eigenvalue weighted by molar-refractivity contribution is 5.85. The summed E-state index contributed by atoms with van der Waals surface area (Å²) in [4.78, 5) is 8.56. The maximum Gasteiger partial charge on any atom is 0.0746 e. The first-order valence-corrected chi connectivity index (χ1v) is 6.50. The van der Waals surface area contributed by atoms with E-state index < -0.39 is 0 Å². The largest absolute Gasteiger partial charge is 0.271 e. The summed E-state index contributed by atoms with van der Waals surface area (Å²) in [7, 11) is 0. The van der Waals surface area contributed by atoms with Crippen LogP contribution in [-0.2, 0) is 0 Å². The fraction of sp³-hybridized carbons (Fsp3) is 0.125. The number of fused-ring (bicyclic) bond motifs is 1. The van der Waals surface area contributed by atoms with E-state index in [-0.39, 0.29) is 6.04 Å². The Morgan fingerprint density at radius 3 is 2.65 bits per heavy atom. The number of hydrogen-bond acceptors (Lipinski definition) is 4. The molecule has 2 heterocycles. The molecule has 0 aliphatic carbocycles. The van der Waals surface area contributed by atoms with E-state index in [0.29, 0.717) is 0 Å². The molecule has 3 N–H and O–H groups in total. The molecule has 4 heteroatoms. The molecule has 0 amide bonds. The van der Waals surface area contributed by atoms with Gasteiger partial charge in [-0.25, -0.2) is 5.43 Å². The number of pyridine rings is 2. The first-order chi connectivity index (χ1) is 9.79. The van der Waals surface area contributed by atoms with Gasteiger partial charge in [0.1, 0.15) is 0 Å². The van der Waals surface area contributed by atoms with Crippen LogP contribution in [0.25, 0.3) is 10.8 Å².